The van der Waals surface area contributed by atoms with Crippen LogP contribution in [0.1, 0.15) is 43.3 Å². The molecule has 0 aliphatic heterocycles. The minimum Gasteiger partial charge on any atom is -0.305 e. The Morgan fingerprint density at radius 2 is 1.81 bits per heavy atom. The largest absolute Gasteiger partial charge is 0.305 e. The molecule has 0 aliphatic rings. The summed E-state index contributed by atoms with van der Waals surface area (Å²) < 4.78 is 28.8. The summed E-state index contributed by atoms with van der Waals surface area (Å²) >= 11 is 0. The first kappa shape index (κ1) is 15.6. The van der Waals surface area contributed by atoms with E-state index in [1.54, 1.807) is 4.68 Å². The molecular weight excluding hydrogens is 272 g/mol. The molecule has 0 fully saturated rings. The summed E-state index contributed by atoms with van der Waals surface area (Å²) in [5.74, 6) is -1.13. The third-order valence-corrected chi connectivity index (χ3v) is 3.44. The number of hydrogen-bond acceptors (Lipinski definition) is 2. The van der Waals surface area contributed by atoms with E-state index in [1.165, 1.54) is 12.1 Å². The first-order valence-corrected chi connectivity index (χ1v) is 7.27. The summed E-state index contributed by atoms with van der Waals surface area (Å²) in [6.07, 6.45) is 1.76. The fourth-order valence-electron chi connectivity index (χ4n) is 2.41. The first-order valence-electron chi connectivity index (χ1n) is 7.27. The molecule has 0 radical (unpaired) electrons. The molecule has 2 aromatic rings. The minimum atomic E-state index is -0.564. The van der Waals surface area contributed by atoms with Gasteiger partial charge in [-0.1, -0.05) is 13.8 Å². The van der Waals surface area contributed by atoms with E-state index in [-0.39, 0.29) is 6.04 Å². The van der Waals surface area contributed by atoms with Crippen LogP contribution >= 0.6 is 0 Å². The fourth-order valence-corrected chi connectivity index (χ4v) is 2.41. The van der Waals surface area contributed by atoms with Crippen molar-refractivity contribution in [2.45, 2.75) is 32.7 Å². The van der Waals surface area contributed by atoms with E-state index in [9.17, 15) is 8.78 Å². The second-order valence-electron chi connectivity index (χ2n) is 5.13. The number of rotatable bonds is 6. The molecule has 114 valence electrons. The molecule has 1 aromatic carbocycles. The van der Waals surface area contributed by atoms with E-state index < -0.39 is 11.6 Å². The molecule has 0 bridgehead atoms. The van der Waals surface area contributed by atoms with E-state index in [1.807, 2.05) is 20.0 Å². The highest BCUT2D eigenvalue weighted by Crippen LogP contribution is 2.24. The van der Waals surface area contributed by atoms with Crippen molar-refractivity contribution in [3.05, 3.63) is 52.9 Å². The van der Waals surface area contributed by atoms with Gasteiger partial charge < -0.3 is 5.32 Å². The van der Waals surface area contributed by atoms with Crippen molar-refractivity contribution in [3.63, 3.8) is 0 Å². The lowest BCUT2D eigenvalue weighted by Crippen LogP contribution is -2.25. The average Bonchev–Trinajstić information content (AvgIpc) is 2.80. The van der Waals surface area contributed by atoms with Crippen LogP contribution in [0, 0.1) is 11.6 Å². The van der Waals surface area contributed by atoms with Crippen LogP contribution in [0.4, 0.5) is 8.78 Å². The topological polar surface area (TPSA) is 29.9 Å². The Bertz CT molecular complexity index is 587. The number of nitrogens with one attached hydrogen (secondary N) is 1. The van der Waals surface area contributed by atoms with E-state index in [4.69, 9.17) is 0 Å². The summed E-state index contributed by atoms with van der Waals surface area (Å²) in [6.45, 7) is 4.84. The second kappa shape index (κ2) is 6.80. The minimum absolute atomic E-state index is 0.270. The number of nitrogens with zero attached hydrogens (tertiary/aromatic N) is 2. The van der Waals surface area contributed by atoms with Gasteiger partial charge in [0.15, 0.2) is 0 Å². The van der Waals surface area contributed by atoms with Crippen molar-refractivity contribution in [2.24, 2.45) is 7.05 Å². The zero-order valence-corrected chi connectivity index (χ0v) is 12.7. The summed E-state index contributed by atoms with van der Waals surface area (Å²) in [6, 6.07) is 5.34. The van der Waals surface area contributed by atoms with Crippen molar-refractivity contribution in [1.82, 2.24) is 15.1 Å². The number of hydrogen-bond donors (Lipinski definition) is 1. The van der Waals surface area contributed by atoms with Gasteiger partial charge in [0, 0.05) is 13.1 Å². The van der Waals surface area contributed by atoms with E-state index in [0.29, 0.717) is 5.56 Å². The first-order chi connectivity index (χ1) is 10.0. The molecule has 1 N–H and O–H groups in total. The zero-order valence-electron chi connectivity index (χ0n) is 12.7. The highest BCUT2D eigenvalue weighted by atomic mass is 19.1. The van der Waals surface area contributed by atoms with Crippen LogP contribution in [0.25, 0.3) is 0 Å². The number of aromatic nitrogens is 2. The monoisotopic (exact) mass is 293 g/mol. The summed E-state index contributed by atoms with van der Waals surface area (Å²) in [5.41, 5.74) is 2.45. The van der Waals surface area contributed by atoms with Gasteiger partial charge in [0.2, 0.25) is 0 Å². The van der Waals surface area contributed by atoms with Crippen molar-refractivity contribution in [2.75, 3.05) is 6.54 Å². The molecule has 1 unspecified atom stereocenters. The van der Waals surface area contributed by atoms with Crippen LogP contribution < -0.4 is 5.32 Å². The molecule has 0 amide bonds. The van der Waals surface area contributed by atoms with Gasteiger partial charge in [0.1, 0.15) is 11.6 Å². The summed E-state index contributed by atoms with van der Waals surface area (Å²) in [4.78, 5) is 0. The standard InChI is InChI=1S/C16H21F2N3/c1-4-6-19-16(11-7-12(17)9-13(18)8-11)15-10-14(5-2)20-21(15)3/h7-10,16,19H,4-6H2,1-3H3. The maximum absolute atomic E-state index is 13.5. The lowest BCUT2D eigenvalue weighted by molar-refractivity contribution is 0.535. The van der Waals surface area contributed by atoms with Crippen LogP contribution in [0.5, 0.6) is 0 Å². The third kappa shape index (κ3) is 3.67. The van der Waals surface area contributed by atoms with Crippen molar-refractivity contribution < 1.29 is 8.78 Å². The van der Waals surface area contributed by atoms with Crippen LogP contribution in [0.3, 0.4) is 0 Å². The third-order valence-electron chi connectivity index (χ3n) is 3.44. The highest BCUT2D eigenvalue weighted by molar-refractivity contribution is 5.30. The Morgan fingerprint density at radius 3 is 2.33 bits per heavy atom. The summed E-state index contributed by atoms with van der Waals surface area (Å²) in [5, 5.41) is 7.76. The lowest BCUT2D eigenvalue weighted by atomic mass is 10.0. The molecule has 0 spiro atoms. The molecule has 21 heavy (non-hydrogen) atoms. The normalized spacial score (nSPS) is 12.6. The van der Waals surface area contributed by atoms with Crippen molar-refractivity contribution >= 4 is 0 Å². The van der Waals surface area contributed by atoms with Gasteiger partial charge in [-0.15, -0.1) is 0 Å². The Kier molecular flexibility index (Phi) is 5.07. The molecule has 2 rings (SSSR count). The Hall–Kier alpha value is -1.75. The predicted molar refractivity (Wildman–Crippen MR) is 79.1 cm³/mol. The van der Waals surface area contributed by atoms with Gasteiger partial charge in [0.25, 0.3) is 0 Å². The van der Waals surface area contributed by atoms with Crippen LogP contribution in [0.2, 0.25) is 0 Å². The number of halogens is 2. The molecule has 0 saturated carbocycles. The second-order valence-corrected chi connectivity index (χ2v) is 5.13. The fraction of sp³-hybridized carbons (Fsp3) is 0.438. The van der Waals surface area contributed by atoms with Gasteiger partial charge >= 0.3 is 0 Å². The van der Waals surface area contributed by atoms with Gasteiger partial charge in [-0.05, 0) is 43.1 Å². The van der Waals surface area contributed by atoms with Crippen LogP contribution in [-0.4, -0.2) is 16.3 Å². The Balaban J connectivity index is 2.43. The quantitative estimate of drug-likeness (QED) is 0.885. The highest BCUT2D eigenvalue weighted by Gasteiger charge is 2.19. The molecule has 3 nitrogen and oxygen atoms in total. The van der Waals surface area contributed by atoms with Crippen molar-refractivity contribution in [1.29, 1.82) is 0 Å². The van der Waals surface area contributed by atoms with Gasteiger partial charge in [-0.3, -0.25) is 4.68 Å². The van der Waals surface area contributed by atoms with E-state index >= 15 is 0 Å². The molecule has 5 heteroatoms. The molecular formula is C16H21F2N3. The van der Waals surface area contributed by atoms with Crippen LogP contribution in [0.15, 0.2) is 24.3 Å². The zero-order chi connectivity index (χ0) is 15.4. The predicted octanol–water partition coefficient (Wildman–Crippen LogP) is 3.35. The lowest BCUT2D eigenvalue weighted by Gasteiger charge is -2.19. The number of benzene rings is 1. The maximum atomic E-state index is 13.5. The van der Waals surface area contributed by atoms with E-state index in [2.05, 4.69) is 17.3 Å². The molecule has 1 aromatic heterocycles. The van der Waals surface area contributed by atoms with Crippen molar-refractivity contribution in [3.8, 4) is 0 Å². The molecule has 0 saturated heterocycles. The SMILES string of the molecule is CCCNC(c1cc(F)cc(F)c1)c1cc(CC)nn1C. The van der Waals surface area contributed by atoms with E-state index in [0.717, 1.165) is 36.8 Å². The van der Waals surface area contributed by atoms with Gasteiger partial charge in [0.05, 0.1) is 17.4 Å². The van der Waals surface area contributed by atoms with Gasteiger partial charge in [-0.2, -0.15) is 5.10 Å². The Morgan fingerprint density at radius 1 is 1.14 bits per heavy atom. The van der Waals surface area contributed by atoms with Crippen LogP contribution in [-0.2, 0) is 13.5 Å². The molecule has 0 aliphatic carbocycles. The average molecular weight is 293 g/mol. The maximum Gasteiger partial charge on any atom is 0.126 e. The summed E-state index contributed by atoms with van der Waals surface area (Å²) in [7, 11) is 1.85. The Labute approximate surface area is 124 Å². The number of aryl methyl sites for hydroxylation is 2. The molecule has 1 atom stereocenters. The smallest absolute Gasteiger partial charge is 0.126 e. The van der Waals surface area contributed by atoms with Gasteiger partial charge in [-0.25, -0.2) is 8.78 Å². The molecule has 1 heterocycles.